The van der Waals surface area contributed by atoms with E-state index in [0.29, 0.717) is 25.9 Å². The summed E-state index contributed by atoms with van der Waals surface area (Å²) in [6.07, 6.45) is 1.81. The normalized spacial score (nSPS) is 25.2. The zero-order valence-electron chi connectivity index (χ0n) is 12.0. The van der Waals surface area contributed by atoms with Crippen molar-refractivity contribution >= 4 is 17.8 Å². The minimum absolute atomic E-state index is 0.00701. The number of nitrogens with two attached hydrogens (primary N) is 1. The van der Waals surface area contributed by atoms with E-state index in [0.717, 1.165) is 11.3 Å². The van der Waals surface area contributed by atoms with Crippen LogP contribution in [0.3, 0.4) is 0 Å². The Hall–Kier alpha value is -1.63. The summed E-state index contributed by atoms with van der Waals surface area (Å²) in [7, 11) is 0. The molecule has 2 rings (SSSR count). The fourth-order valence-corrected chi connectivity index (χ4v) is 2.80. The van der Waals surface area contributed by atoms with Gasteiger partial charge in [-0.15, -0.1) is 0 Å². The van der Waals surface area contributed by atoms with Crippen LogP contribution in [0.25, 0.3) is 0 Å². The predicted octanol–water partition coefficient (Wildman–Crippen LogP) is -0.343. The summed E-state index contributed by atoms with van der Waals surface area (Å²) in [5.41, 5.74) is 4.91. The van der Waals surface area contributed by atoms with E-state index in [1.165, 1.54) is 0 Å². The Morgan fingerprint density at radius 2 is 2.05 bits per heavy atom. The molecule has 2 aliphatic heterocycles. The molecular formula is C13H22N4O3. The van der Waals surface area contributed by atoms with Gasteiger partial charge < -0.3 is 16.0 Å². The van der Waals surface area contributed by atoms with Gasteiger partial charge in [-0.3, -0.25) is 14.5 Å². The second kappa shape index (κ2) is 5.40. The molecule has 2 fully saturated rings. The van der Waals surface area contributed by atoms with Gasteiger partial charge in [0.05, 0.1) is 0 Å². The number of likely N-dealkylation sites (tertiary alicyclic amines) is 1. The van der Waals surface area contributed by atoms with Gasteiger partial charge in [-0.1, -0.05) is 13.8 Å². The molecule has 0 spiro atoms. The largest absolute Gasteiger partial charge is 0.340 e. The molecule has 0 aromatic carbocycles. The topological polar surface area (TPSA) is 95.7 Å². The monoisotopic (exact) mass is 282 g/mol. The summed E-state index contributed by atoms with van der Waals surface area (Å²) in [5.74, 6) is -0.520. The van der Waals surface area contributed by atoms with Crippen LogP contribution in [0, 0.1) is 0 Å². The lowest BCUT2D eigenvalue weighted by atomic mass is 9.93. The van der Waals surface area contributed by atoms with Crippen LogP contribution >= 0.6 is 0 Å². The Labute approximate surface area is 118 Å². The summed E-state index contributed by atoms with van der Waals surface area (Å²) in [4.78, 5) is 39.1. The fraction of sp³-hybridized carbons (Fsp3) is 0.769. The minimum Gasteiger partial charge on any atom is -0.340 e. The van der Waals surface area contributed by atoms with E-state index in [9.17, 15) is 14.4 Å². The molecule has 112 valence electrons. The molecule has 0 aromatic heterocycles. The number of carbonyl (C=O) groups excluding carboxylic acids is 3. The fourth-order valence-electron chi connectivity index (χ4n) is 2.80. The third-order valence-corrected chi connectivity index (χ3v) is 4.32. The van der Waals surface area contributed by atoms with Crippen molar-refractivity contribution in [1.29, 1.82) is 0 Å². The van der Waals surface area contributed by atoms with Crippen LogP contribution in [0.1, 0.15) is 33.1 Å². The van der Waals surface area contributed by atoms with E-state index in [1.807, 2.05) is 13.8 Å². The molecule has 2 aliphatic rings. The highest BCUT2D eigenvalue weighted by Crippen LogP contribution is 2.25. The smallest absolute Gasteiger partial charge is 0.325 e. The van der Waals surface area contributed by atoms with Crippen molar-refractivity contribution in [3.8, 4) is 0 Å². The van der Waals surface area contributed by atoms with E-state index in [1.54, 1.807) is 4.90 Å². The van der Waals surface area contributed by atoms with Crippen molar-refractivity contribution in [2.45, 2.75) is 44.7 Å². The van der Waals surface area contributed by atoms with Crippen molar-refractivity contribution in [2.24, 2.45) is 5.73 Å². The summed E-state index contributed by atoms with van der Waals surface area (Å²) >= 11 is 0. The molecule has 0 aromatic rings. The first-order chi connectivity index (χ1) is 9.43. The Morgan fingerprint density at radius 1 is 1.40 bits per heavy atom. The van der Waals surface area contributed by atoms with Gasteiger partial charge in [0.1, 0.15) is 12.1 Å². The summed E-state index contributed by atoms with van der Waals surface area (Å²) < 4.78 is 0. The van der Waals surface area contributed by atoms with Gasteiger partial charge >= 0.3 is 6.03 Å². The van der Waals surface area contributed by atoms with Gasteiger partial charge in [0.2, 0.25) is 5.91 Å². The van der Waals surface area contributed by atoms with Crippen molar-refractivity contribution in [3.63, 3.8) is 0 Å². The molecule has 3 N–H and O–H groups in total. The highest BCUT2D eigenvalue weighted by atomic mass is 16.2. The second-order valence-electron chi connectivity index (χ2n) is 5.50. The lowest BCUT2D eigenvalue weighted by Crippen LogP contribution is -2.47. The molecule has 20 heavy (non-hydrogen) atoms. The molecule has 7 nitrogen and oxygen atoms in total. The lowest BCUT2D eigenvalue weighted by molar-refractivity contribution is -0.138. The number of hydrogen-bond acceptors (Lipinski definition) is 4. The highest BCUT2D eigenvalue weighted by Gasteiger charge is 2.49. The average molecular weight is 282 g/mol. The van der Waals surface area contributed by atoms with Crippen LogP contribution < -0.4 is 11.1 Å². The molecule has 2 heterocycles. The first-order valence-electron chi connectivity index (χ1n) is 7.11. The molecule has 1 atom stereocenters. The molecule has 0 aliphatic carbocycles. The number of carbonyl (C=O) groups is 3. The van der Waals surface area contributed by atoms with Crippen molar-refractivity contribution in [1.82, 2.24) is 15.1 Å². The number of rotatable bonds is 4. The number of nitrogens with zero attached hydrogens (tertiary/aromatic N) is 2. The van der Waals surface area contributed by atoms with Crippen LogP contribution in [0.15, 0.2) is 0 Å². The van der Waals surface area contributed by atoms with Gasteiger partial charge in [-0.2, -0.15) is 0 Å². The third-order valence-electron chi connectivity index (χ3n) is 4.32. The maximum absolute atomic E-state index is 12.4. The molecule has 2 saturated heterocycles. The Kier molecular flexibility index (Phi) is 3.99. The van der Waals surface area contributed by atoms with Gasteiger partial charge in [0.25, 0.3) is 5.91 Å². The number of hydrogen-bond donors (Lipinski definition) is 2. The average Bonchev–Trinajstić information content (AvgIpc) is 2.96. The van der Waals surface area contributed by atoms with Crippen LogP contribution in [0.4, 0.5) is 4.79 Å². The molecular weight excluding hydrogens is 260 g/mol. The zero-order chi connectivity index (χ0) is 14.9. The number of urea groups is 1. The number of nitrogens with one attached hydrogen (secondary N) is 1. The Bertz CT molecular complexity index is 433. The standard InChI is InChI=1S/C13H22N4O3/c1-3-13(4-2)11(19)17(12(20)15-13)8-10(18)16-6-5-9(14)7-16/h9H,3-8,14H2,1-2H3,(H,15,20)/t9-/m0/s1. The van der Waals surface area contributed by atoms with Gasteiger partial charge in [0, 0.05) is 19.1 Å². The Balaban J connectivity index is 2.04. The van der Waals surface area contributed by atoms with E-state index in [4.69, 9.17) is 5.73 Å². The molecule has 7 heteroatoms. The second-order valence-corrected chi connectivity index (χ2v) is 5.50. The molecule has 0 saturated carbocycles. The van der Waals surface area contributed by atoms with E-state index < -0.39 is 11.6 Å². The molecule has 0 bridgehead atoms. The SMILES string of the molecule is CCC1(CC)NC(=O)N(CC(=O)N2CC[C@H](N)C2)C1=O. The van der Waals surface area contributed by atoms with Crippen LogP contribution in [0.5, 0.6) is 0 Å². The summed E-state index contributed by atoms with van der Waals surface area (Å²) in [5, 5.41) is 2.71. The maximum Gasteiger partial charge on any atom is 0.325 e. The number of imide groups is 1. The summed E-state index contributed by atoms with van der Waals surface area (Å²) in [6, 6.07) is -0.483. The molecule has 0 unspecified atom stereocenters. The third kappa shape index (κ3) is 2.37. The van der Waals surface area contributed by atoms with Crippen molar-refractivity contribution in [3.05, 3.63) is 0 Å². The van der Waals surface area contributed by atoms with E-state index in [-0.39, 0.29) is 24.4 Å². The predicted molar refractivity (Wildman–Crippen MR) is 72.7 cm³/mol. The van der Waals surface area contributed by atoms with E-state index in [2.05, 4.69) is 5.32 Å². The lowest BCUT2D eigenvalue weighted by Gasteiger charge is -2.23. The first kappa shape index (κ1) is 14.8. The van der Waals surface area contributed by atoms with Crippen molar-refractivity contribution in [2.75, 3.05) is 19.6 Å². The highest BCUT2D eigenvalue weighted by molar-refractivity contribution is 6.08. The summed E-state index contributed by atoms with van der Waals surface area (Å²) in [6.45, 7) is 4.60. The first-order valence-corrected chi connectivity index (χ1v) is 7.11. The van der Waals surface area contributed by atoms with Gasteiger partial charge in [-0.05, 0) is 19.3 Å². The van der Waals surface area contributed by atoms with Crippen LogP contribution in [0.2, 0.25) is 0 Å². The van der Waals surface area contributed by atoms with Crippen LogP contribution in [-0.4, -0.2) is 58.9 Å². The van der Waals surface area contributed by atoms with Gasteiger partial charge in [-0.25, -0.2) is 4.79 Å². The maximum atomic E-state index is 12.4. The van der Waals surface area contributed by atoms with E-state index >= 15 is 0 Å². The zero-order valence-corrected chi connectivity index (χ0v) is 12.0. The Morgan fingerprint density at radius 3 is 2.50 bits per heavy atom. The molecule has 0 radical (unpaired) electrons. The van der Waals surface area contributed by atoms with Crippen molar-refractivity contribution < 1.29 is 14.4 Å². The van der Waals surface area contributed by atoms with Gasteiger partial charge in [0.15, 0.2) is 0 Å². The van der Waals surface area contributed by atoms with Crippen LogP contribution in [-0.2, 0) is 9.59 Å². The quantitative estimate of drug-likeness (QED) is 0.689. The number of amides is 4. The minimum atomic E-state index is -0.848. The molecule has 4 amide bonds.